The van der Waals surface area contributed by atoms with Crippen LogP contribution in [0.15, 0.2) is 146 Å². The Morgan fingerprint density at radius 3 is 1.33 bits per heavy atom. The maximum absolute atomic E-state index is 8.87. The summed E-state index contributed by atoms with van der Waals surface area (Å²) in [4.78, 5) is 17.8. The van der Waals surface area contributed by atoms with Gasteiger partial charge in [-0.3, -0.25) is 9.97 Å². The molecule has 0 spiro atoms. The number of aromatic nitrogens is 2. The molecule has 6 aromatic rings. The van der Waals surface area contributed by atoms with Crippen LogP contribution in [-0.4, -0.2) is 90.3 Å². The van der Waals surface area contributed by atoms with E-state index < -0.39 is 15.4 Å². The molecular weight excluding hydrogens is 847 g/mol. The molecule has 0 fully saturated rings. The van der Waals surface area contributed by atoms with Crippen LogP contribution in [0.25, 0.3) is 44.8 Å². The van der Waals surface area contributed by atoms with Crippen molar-refractivity contribution in [2.75, 3.05) is 0 Å². The second-order valence-electron chi connectivity index (χ2n) is 15.1. The molecule has 2 heterocycles. The van der Waals surface area contributed by atoms with Gasteiger partial charge in [0.25, 0.3) is 0 Å². The first-order chi connectivity index (χ1) is 27.0. The fourth-order valence-corrected chi connectivity index (χ4v) is 5.50. The van der Waals surface area contributed by atoms with Gasteiger partial charge in [-0.15, -0.1) is 0 Å². The molecule has 0 saturated heterocycles. The quantitative estimate of drug-likeness (QED) is 0.0848. The van der Waals surface area contributed by atoms with Crippen molar-refractivity contribution in [1.82, 2.24) is 9.97 Å². The Balaban J connectivity index is 0.000000431. The van der Waals surface area contributed by atoms with Crippen LogP contribution in [0.3, 0.4) is 0 Å². The molecule has 0 aliphatic heterocycles. The SMILES string of the molecule is CC(C)(C)CB(O)O.CC(C)(C)Cc1ccc(-c2ccnc(-c3ccccc3)c2)cc1.Clc1ccc(-c2ccnc(-c3ccccc3)c2)cc1.O=[P+]([O-])O[O-].[K+].[K][K]. The first-order valence-corrected chi connectivity index (χ1v) is 36.2. The average Bonchev–Trinajstić information content (AvgIpc) is 3.19. The van der Waals surface area contributed by atoms with E-state index in [2.05, 4.69) is 102 Å². The van der Waals surface area contributed by atoms with Crippen LogP contribution in [0.5, 0.6) is 0 Å². The van der Waals surface area contributed by atoms with Crippen molar-refractivity contribution < 1.29 is 80.8 Å². The van der Waals surface area contributed by atoms with Gasteiger partial charge in [0, 0.05) is 28.5 Å². The van der Waals surface area contributed by atoms with E-state index in [1.165, 1.54) is 79.8 Å². The van der Waals surface area contributed by atoms with E-state index in [1.54, 1.807) is 0 Å². The van der Waals surface area contributed by atoms with E-state index in [4.69, 9.17) is 36.4 Å². The van der Waals surface area contributed by atoms with Crippen molar-refractivity contribution in [3.05, 3.63) is 156 Å². The molecule has 2 N–H and O–H groups in total. The molecule has 6 rings (SSSR count). The van der Waals surface area contributed by atoms with Crippen LogP contribution >= 0.6 is 19.9 Å². The monoisotopic (exact) mass is 894 g/mol. The molecule has 8 nitrogen and oxygen atoms in total. The first kappa shape index (κ1) is 56.4. The topological polar surface area (TPSA) is 139 Å². The minimum absolute atomic E-state index is 0. The van der Waals surface area contributed by atoms with Crippen molar-refractivity contribution >= 4 is 90.1 Å². The van der Waals surface area contributed by atoms with Crippen LogP contribution < -0.4 is 61.5 Å². The van der Waals surface area contributed by atoms with Crippen molar-refractivity contribution in [1.29, 1.82) is 0 Å². The number of rotatable bonds is 7. The molecule has 0 radical (unpaired) electrons. The van der Waals surface area contributed by atoms with E-state index in [9.17, 15) is 0 Å². The number of nitrogens with zero attached hydrogens (tertiary/aromatic N) is 2. The number of pyridine rings is 2. The van der Waals surface area contributed by atoms with Crippen molar-refractivity contribution in [2.24, 2.45) is 10.8 Å². The average molecular weight is 895 g/mol. The van der Waals surface area contributed by atoms with Crippen LogP contribution in [-0.2, 0) is 15.7 Å². The molecule has 58 heavy (non-hydrogen) atoms. The summed E-state index contributed by atoms with van der Waals surface area (Å²) in [5.74, 6) is 0. The van der Waals surface area contributed by atoms with Crippen LogP contribution in [0.1, 0.15) is 47.1 Å². The third-order valence-electron chi connectivity index (χ3n) is 7.71. The third kappa shape index (κ3) is 24.3. The number of benzene rings is 4. The Hall–Kier alpha value is 0.344. The van der Waals surface area contributed by atoms with Gasteiger partial charge in [-0.25, -0.2) is 4.67 Å². The zero-order valence-electron chi connectivity index (χ0n) is 35.1. The van der Waals surface area contributed by atoms with E-state index >= 15 is 0 Å². The molecule has 1 atom stereocenters. The number of hydrogen-bond donors (Lipinski definition) is 2. The Kier molecular flexibility index (Phi) is 29.6. The maximum atomic E-state index is 8.87. The van der Waals surface area contributed by atoms with Gasteiger partial charge >= 0.3 is 130 Å². The second kappa shape index (κ2) is 30.4. The van der Waals surface area contributed by atoms with Gasteiger partial charge in [0.15, 0.2) is 0 Å². The standard InChI is InChI=1S/C22H23N.C17H12ClN.C5H13BO2.3K.HO4P/c1-22(2,3)16-17-9-11-18(12-10-17)20-13-14-23-21(15-20)19-7-5-4-6-8-19;18-16-8-6-13(7-9-16)15-10-11-19-17(12-15)14-4-2-1-3-5-14;1-5(2,3)4-6(7)8;;;;1-4-5(2)3/h4-15H,16H2,1-3H3;1-12H;7-8H,4H2,1-3H3;;;;1H/q;;;;;+1;/p-1. The van der Waals surface area contributed by atoms with E-state index in [0.29, 0.717) is 11.7 Å². The molecule has 288 valence electrons. The fraction of sp³-hybridized carbons (Fsp3) is 0.227. The van der Waals surface area contributed by atoms with Crippen LogP contribution in [0.4, 0.5) is 0 Å². The normalized spacial score (nSPS) is 10.6. The van der Waals surface area contributed by atoms with Crippen molar-refractivity contribution in [3.63, 3.8) is 0 Å². The Morgan fingerprint density at radius 1 is 0.638 bits per heavy atom. The first-order valence-electron chi connectivity index (χ1n) is 18.7. The second-order valence-corrected chi connectivity index (χ2v) is 16.1. The summed E-state index contributed by atoms with van der Waals surface area (Å²) >= 11 is 8.41. The summed E-state index contributed by atoms with van der Waals surface area (Å²) in [7, 11) is -4.31. The fourth-order valence-electron chi connectivity index (χ4n) is 5.37. The van der Waals surface area contributed by atoms with E-state index in [0.717, 1.165) is 45.1 Å². The number of halogens is 1. The summed E-state index contributed by atoms with van der Waals surface area (Å²) in [6, 6.07) is 45.6. The molecule has 0 amide bonds. The summed E-state index contributed by atoms with van der Waals surface area (Å²) in [6.07, 6.45) is 5.26. The summed E-state index contributed by atoms with van der Waals surface area (Å²) in [6.45, 7) is 12.7. The van der Waals surface area contributed by atoms with Crippen molar-refractivity contribution in [3.8, 4) is 44.8 Å². The van der Waals surface area contributed by atoms with Gasteiger partial charge in [0.05, 0.1) is 11.4 Å². The Labute approximate surface area is 438 Å². The molecule has 0 aliphatic carbocycles. The van der Waals surface area contributed by atoms with Crippen LogP contribution in [0, 0.1) is 10.8 Å². The zero-order valence-corrected chi connectivity index (χ0v) is 46.1. The molecule has 1 unspecified atom stereocenters. The molecule has 0 saturated carbocycles. The van der Waals surface area contributed by atoms with Gasteiger partial charge in [0.1, 0.15) is 0 Å². The van der Waals surface area contributed by atoms with Gasteiger partial charge in [-0.05, 0) is 92.4 Å². The van der Waals surface area contributed by atoms with Crippen molar-refractivity contribution in [2.45, 2.75) is 54.3 Å². The predicted molar refractivity (Wildman–Crippen MR) is 233 cm³/mol. The summed E-state index contributed by atoms with van der Waals surface area (Å²) < 4.78 is 11.3. The van der Waals surface area contributed by atoms with Gasteiger partial charge in [-0.1, -0.05) is 150 Å². The molecule has 14 heteroatoms. The third-order valence-corrected chi connectivity index (χ3v) is 8.09. The minimum atomic E-state index is -3.15. The number of hydrogen-bond acceptors (Lipinski definition) is 8. The molecular formula is C44H48BClK3N2O6P. The molecule has 4 aromatic carbocycles. The Bertz CT molecular complexity index is 2040. The Morgan fingerprint density at radius 2 is 1.02 bits per heavy atom. The predicted octanol–water partition coefficient (Wildman–Crippen LogP) is 6.12. The molecule has 2 aromatic heterocycles. The van der Waals surface area contributed by atoms with Gasteiger partial charge in [-0.2, -0.15) is 0 Å². The van der Waals surface area contributed by atoms with Gasteiger partial charge < -0.3 is 20.2 Å². The van der Waals surface area contributed by atoms with E-state index in [1.807, 2.05) is 99.9 Å². The molecule has 0 bridgehead atoms. The zero-order chi connectivity index (χ0) is 42.4. The van der Waals surface area contributed by atoms with Crippen LogP contribution in [0.2, 0.25) is 11.3 Å². The van der Waals surface area contributed by atoms with E-state index in [-0.39, 0.29) is 56.8 Å². The molecule has 0 aliphatic rings. The van der Waals surface area contributed by atoms with Gasteiger partial charge in [0.2, 0.25) is 0 Å². The summed E-state index contributed by atoms with van der Waals surface area (Å²) in [5, 5.41) is 26.2. The summed E-state index contributed by atoms with van der Waals surface area (Å²) in [5.41, 5.74) is 10.7.